The highest BCUT2D eigenvalue weighted by atomic mass is 32.2. The Labute approximate surface area is 116 Å². The van der Waals surface area contributed by atoms with Crippen LogP contribution < -0.4 is 0 Å². The molecule has 1 aromatic heterocycles. The summed E-state index contributed by atoms with van der Waals surface area (Å²) >= 11 is 0. The number of sulfonamides is 1. The molecule has 3 rings (SSSR count). The molecule has 2 aliphatic rings. The van der Waals surface area contributed by atoms with Crippen LogP contribution in [0.2, 0.25) is 0 Å². The molecule has 8 nitrogen and oxygen atoms in total. The minimum Gasteiger partial charge on any atom is -0.476 e. The van der Waals surface area contributed by atoms with E-state index in [0.717, 1.165) is 25.7 Å². The predicted octanol–water partition coefficient (Wildman–Crippen LogP) is 0.105. The number of rotatable bonds is 4. The lowest BCUT2D eigenvalue weighted by Gasteiger charge is -2.39. The van der Waals surface area contributed by atoms with Gasteiger partial charge >= 0.3 is 5.97 Å². The second-order valence-electron chi connectivity index (χ2n) is 5.31. The third kappa shape index (κ3) is 2.20. The van der Waals surface area contributed by atoms with Gasteiger partial charge in [-0.2, -0.15) is 4.31 Å². The van der Waals surface area contributed by atoms with Crippen molar-refractivity contribution in [1.29, 1.82) is 0 Å². The molecule has 1 aromatic rings. The van der Waals surface area contributed by atoms with Gasteiger partial charge in [0, 0.05) is 13.1 Å². The van der Waals surface area contributed by atoms with Crippen LogP contribution in [-0.4, -0.2) is 57.1 Å². The van der Waals surface area contributed by atoms with Gasteiger partial charge in [0.15, 0.2) is 5.69 Å². The summed E-state index contributed by atoms with van der Waals surface area (Å²) in [6.07, 6.45) is 4.79. The Balaban J connectivity index is 1.64. The lowest BCUT2D eigenvalue weighted by Crippen LogP contribution is -2.53. The van der Waals surface area contributed by atoms with E-state index in [0.29, 0.717) is 13.1 Å². The maximum Gasteiger partial charge on any atom is 0.358 e. The number of carboxylic acid groups (broad SMARTS) is 1. The molecule has 1 aliphatic carbocycles. The minimum absolute atomic E-state index is 0.119. The molecule has 0 bridgehead atoms. The zero-order valence-corrected chi connectivity index (χ0v) is 11.7. The van der Waals surface area contributed by atoms with E-state index in [1.807, 2.05) is 0 Å². The molecule has 0 amide bonds. The molecule has 0 radical (unpaired) electrons. The van der Waals surface area contributed by atoms with E-state index in [1.54, 1.807) is 0 Å². The fraction of sp³-hybridized carbons (Fsp3) is 0.727. The molecule has 1 N–H and O–H groups in total. The lowest BCUT2D eigenvalue weighted by atomic mass is 10.2. The summed E-state index contributed by atoms with van der Waals surface area (Å²) in [5.41, 5.74) is -0.123. The van der Waals surface area contributed by atoms with E-state index in [2.05, 4.69) is 10.3 Å². The zero-order chi connectivity index (χ0) is 14.3. The van der Waals surface area contributed by atoms with Gasteiger partial charge in [0.25, 0.3) is 0 Å². The average molecular weight is 300 g/mol. The largest absolute Gasteiger partial charge is 0.476 e. The average Bonchev–Trinajstić information content (AvgIpc) is 2.97. The van der Waals surface area contributed by atoms with Gasteiger partial charge in [-0.05, 0) is 12.8 Å². The third-order valence-corrected chi connectivity index (χ3v) is 6.35. The topological polar surface area (TPSA) is 105 Å². The summed E-state index contributed by atoms with van der Waals surface area (Å²) in [5, 5.41) is 15.8. The van der Waals surface area contributed by atoms with E-state index in [1.165, 1.54) is 15.2 Å². The quantitative estimate of drug-likeness (QED) is 0.845. The van der Waals surface area contributed by atoms with Gasteiger partial charge in [-0.25, -0.2) is 17.9 Å². The highest BCUT2D eigenvalue weighted by Crippen LogP contribution is 2.32. The Bertz CT molecular complexity index is 614. The van der Waals surface area contributed by atoms with Crippen LogP contribution in [0.4, 0.5) is 0 Å². The summed E-state index contributed by atoms with van der Waals surface area (Å²) < 4.78 is 27.5. The Morgan fingerprint density at radius 1 is 1.30 bits per heavy atom. The standard InChI is InChI=1S/C11H16N4O4S/c16-11(17)10-7-15(13-12-10)8-5-14(6-8)20(18,19)9-3-1-2-4-9/h7-9H,1-6H2,(H,16,17). The SMILES string of the molecule is O=C(O)c1cn(C2CN(S(=O)(=O)C3CCCC3)C2)nn1. The molecule has 0 spiro atoms. The van der Waals surface area contributed by atoms with Crippen molar-refractivity contribution in [3.63, 3.8) is 0 Å². The zero-order valence-electron chi connectivity index (χ0n) is 10.8. The molecular formula is C11H16N4O4S. The van der Waals surface area contributed by atoms with Gasteiger partial charge in [0.1, 0.15) is 0 Å². The predicted molar refractivity (Wildman–Crippen MR) is 68.8 cm³/mol. The van der Waals surface area contributed by atoms with Crippen molar-refractivity contribution in [3.05, 3.63) is 11.9 Å². The van der Waals surface area contributed by atoms with Gasteiger partial charge in [-0.15, -0.1) is 5.10 Å². The first kappa shape index (κ1) is 13.5. The van der Waals surface area contributed by atoms with Crippen LogP contribution >= 0.6 is 0 Å². The number of hydrogen-bond donors (Lipinski definition) is 1. The van der Waals surface area contributed by atoms with E-state index < -0.39 is 16.0 Å². The number of carbonyl (C=O) groups is 1. The van der Waals surface area contributed by atoms with Crippen molar-refractivity contribution in [3.8, 4) is 0 Å². The Morgan fingerprint density at radius 2 is 1.95 bits per heavy atom. The number of aromatic carboxylic acids is 1. The Morgan fingerprint density at radius 3 is 2.50 bits per heavy atom. The van der Waals surface area contributed by atoms with Gasteiger partial charge in [0.2, 0.25) is 10.0 Å². The molecule has 2 fully saturated rings. The van der Waals surface area contributed by atoms with Crippen molar-refractivity contribution in [1.82, 2.24) is 19.3 Å². The third-order valence-electron chi connectivity index (χ3n) is 4.02. The van der Waals surface area contributed by atoms with Crippen molar-refractivity contribution < 1.29 is 18.3 Å². The second-order valence-corrected chi connectivity index (χ2v) is 7.52. The Hall–Kier alpha value is -1.48. The van der Waals surface area contributed by atoms with Gasteiger partial charge in [-0.3, -0.25) is 0 Å². The monoisotopic (exact) mass is 300 g/mol. The van der Waals surface area contributed by atoms with Gasteiger partial charge < -0.3 is 5.11 Å². The smallest absolute Gasteiger partial charge is 0.358 e. The van der Waals surface area contributed by atoms with Crippen molar-refractivity contribution >= 4 is 16.0 Å². The number of carboxylic acids is 1. The van der Waals surface area contributed by atoms with Crippen LogP contribution in [-0.2, 0) is 10.0 Å². The lowest BCUT2D eigenvalue weighted by molar-refractivity contribution is 0.0690. The first-order chi connectivity index (χ1) is 9.48. The van der Waals surface area contributed by atoms with E-state index in [4.69, 9.17) is 5.11 Å². The number of nitrogens with zero attached hydrogens (tertiary/aromatic N) is 4. The molecule has 0 aromatic carbocycles. The van der Waals surface area contributed by atoms with Crippen molar-refractivity contribution in [2.45, 2.75) is 37.0 Å². The van der Waals surface area contributed by atoms with Crippen LogP contribution in [0, 0.1) is 0 Å². The molecule has 2 heterocycles. The van der Waals surface area contributed by atoms with Crippen molar-refractivity contribution in [2.24, 2.45) is 0 Å². The van der Waals surface area contributed by atoms with E-state index in [-0.39, 0.29) is 17.0 Å². The van der Waals surface area contributed by atoms with Crippen molar-refractivity contribution in [2.75, 3.05) is 13.1 Å². The summed E-state index contributed by atoms with van der Waals surface area (Å²) in [4.78, 5) is 10.7. The highest BCUT2D eigenvalue weighted by Gasteiger charge is 2.42. The highest BCUT2D eigenvalue weighted by molar-refractivity contribution is 7.89. The van der Waals surface area contributed by atoms with Crippen LogP contribution in [0.3, 0.4) is 0 Å². The van der Waals surface area contributed by atoms with Gasteiger partial charge in [0.05, 0.1) is 17.5 Å². The molecule has 9 heteroatoms. The summed E-state index contributed by atoms with van der Waals surface area (Å²) in [6.45, 7) is 0.697. The first-order valence-electron chi connectivity index (χ1n) is 6.62. The first-order valence-corrected chi connectivity index (χ1v) is 8.13. The fourth-order valence-electron chi connectivity index (χ4n) is 2.74. The van der Waals surface area contributed by atoms with Crippen LogP contribution in [0.1, 0.15) is 42.2 Å². The minimum atomic E-state index is -3.20. The van der Waals surface area contributed by atoms with E-state index in [9.17, 15) is 13.2 Å². The molecule has 1 aliphatic heterocycles. The molecule has 110 valence electrons. The molecule has 0 unspecified atom stereocenters. The van der Waals surface area contributed by atoms with Gasteiger partial charge in [-0.1, -0.05) is 18.1 Å². The van der Waals surface area contributed by atoms with Crippen LogP contribution in [0.5, 0.6) is 0 Å². The maximum atomic E-state index is 12.3. The van der Waals surface area contributed by atoms with E-state index >= 15 is 0 Å². The molecular weight excluding hydrogens is 284 g/mol. The maximum absolute atomic E-state index is 12.3. The van der Waals surface area contributed by atoms with Crippen LogP contribution in [0.15, 0.2) is 6.20 Å². The normalized spacial score (nSPS) is 22.0. The summed E-state index contributed by atoms with van der Waals surface area (Å²) in [5.74, 6) is -1.13. The number of hydrogen-bond acceptors (Lipinski definition) is 5. The van der Waals surface area contributed by atoms with Crippen LogP contribution in [0.25, 0.3) is 0 Å². The fourth-order valence-corrected chi connectivity index (χ4v) is 4.85. The molecule has 1 saturated heterocycles. The Kier molecular flexibility index (Phi) is 3.25. The summed E-state index contributed by atoms with van der Waals surface area (Å²) in [7, 11) is -3.20. The number of aromatic nitrogens is 3. The molecule has 1 saturated carbocycles. The molecule has 20 heavy (non-hydrogen) atoms. The molecule has 0 atom stereocenters. The summed E-state index contributed by atoms with van der Waals surface area (Å²) in [6, 6.07) is -0.119. The second kappa shape index (κ2) is 4.81.